The largest absolute Gasteiger partial charge is 1.00 e. The predicted octanol–water partition coefficient (Wildman–Crippen LogP) is 11.7. The summed E-state index contributed by atoms with van der Waals surface area (Å²) in [5, 5.41) is 10.9. The molecule has 4 heteroatoms. The summed E-state index contributed by atoms with van der Waals surface area (Å²) >= 11 is 0. The predicted molar refractivity (Wildman–Crippen MR) is 217 cm³/mol. The molecule has 1 atom stereocenters. The summed E-state index contributed by atoms with van der Waals surface area (Å²) in [5.41, 5.74) is 0. The van der Waals surface area contributed by atoms with Crippen molar-refractivity contribution < 1.29 is 39.5 Å². The van der Waals surface area contributed by atoms with Gasteiger partial charge in [0.15, 0.2) is 0 Å². The number of carboxylic acids is 1. The first-order valence-electron chi connectivity index (χ1n) is 23.1. The summed E-state index contributed by atoms with van der Waals surface area (Å²) in [5.74, 6) is -0.897. The van der Waals surface area contributed by atoms with Gasteiger partial charge in [-0.1, -0.05) is 232 Å². The zero-order valence-electron chi connectivity index (χ0n) is 35.3. The van der Waals surface area contributed by atoms with E-state index in [1.54, 1.807) is 0 Å². The topological polar surface area (TPSA) is 43.4 Å². The van der Waals surface area contributed by atoms with Crippen molar-refractivity contribution in [3.63, 3.8) is 0 Å². The fraction of sp³-hybridized carbons (Fsp3) is 0.978. The Hall–Kier alpha value is 0.430. The van der Waals surface area contributed by atoms with Crippen LogP contribution in [0.2, 0.25) is 0 Å². The molecule has 0 saturated carbocycles. The second kappa shape index (κ2) is 45.6. The fourth-order valence-corrected chi connectivity index (χ4v) is 7.71. The molecule has 0 aromatic rings. The van der Waals surface area contributed by atoms with E-state index >= 15 is 0 Å². The van der Waals surface area contributed by atoms with Crippen molar-refractivity contribution in [1.82, 2.24) is 4.90 Å². The first kappa shape index (κ1) is 52.5. The molecule has 0 aromatic heterocycles. The summed E-state index contributed by atoms with van der Waals surface area (Å²) in [4.78, 5) is 13.6. The fourth-order valence-electron chi connectivity index (χ4n) is 7.71. The van der Waals surface area contributed by atoms with Crippen LogP contribution in [0.4, 0.5) is 0 Å². The van der Waals surface area contributed by atoms with Gasteiger partial charge in [-0.15, -0.1) is 0 Å². The zero-order valence-corrected chi connectivity index (χ0v) is 37.3. The Morgan fingerprint density at radius 1 is 0.400 bits per heavy atom. The van der Waals surface area contributed by atoms with Crippen molar-refractivity contribution in [2.24, 2.45) is 0 Å². The van der Waals surface area contributed by atoms with Gasteiger partial charge in [-0.3, -0.25) is 0 Å². The molecule has 294 valence electrons. The molecular weight excluding hydrogens is 622 g/mol. The van der Waals surface area contributed by atoms with E-state index in [9.17, 15) is 9.90 Å². The van der Waals surface area contributed by atoms with Crippen LogP contribution in [-0.2, 0) is 4.79 Å². The molecule has 0 rings (SSSR count). The molecule has 0 aliphatic rings. The van der Waals surface area contributed by atoms with Gasteiger partial charge in [0, 0.05) is 12.0 Å². The maximum atomic E-state index is 10.9. The van der Waals surface area contributed by atoms with Crippen LogP contribution in [-0.4, -0.2) is 30.0 Å². The average Bonchev–Trinajstić information content (AvgIpc) is 3.09. The summed E-state index contributed by atoms with van der Waals surface area (Å²) in [6.07, 6.45) is 53.1. The smallest absolute Gasteiger partial charge is 0.550 e. The Labute approximate surface area is 338 Å². The Morgan fingerprint density at radius 2 is 0.620 bits per heavy atom. The quantitative estimate of drug-likeness (QED) is 0.0467. The van der Waals surface area contributed by atoms with Crippen LogP contribution in [0.25, 0.3) is 0 Å². The van der Waals surface area contributed by atoms with Crippen molar-refractivity contribution in [1.29, 1.82) is 0 Å². The molecule has 0 aliphatic heterocycles. The Kier molecular flexibility index (Phi) is 47.9. The molecule has 0 aliphatic carbocycles. The summed E-state index contributed by atoms with van der Waals surface area (Å²) < 4.78 is 0. The Bertz CT molecular complexity index is 589. The van der Waals surface area contributed by atoms with E-state index in [-0.39, 0.29) is 36.0 Å². The number of nitrogens with zero attached hydrogens (tertiary/aromatic N) is 1. The van der Waals surface area contributed by atoms with Gasteiger partial charge < -0.3 is 14.8 Å². The normalized spacial score (nSPS) is 12.1. The molecule has 1 unspecified atom stereocenters. The van der Waals surface area contributed by atoms with Crippen molar-refractivity contribution in [2.75, 3.05) is 13.1 Å². The van der Waals surface area contributed by atoms with Crippen molar-refractivity contribution in [2.45, 2.75) is 277 Å². The van der Waals surface area contributed by atoms with Gasteiger partial charge >= 0.3 is 29.6 Å². The Morgan fingerprint density at radius 3 is 0.840 bits per heavy atom. The maximum Gasteiger partial charge on any atom is 1.00 e. The van der Waals surface area contributed by atoms with E-state index in [1.165, 1.54) is 244 Å². The third-order valence-electron chi connectivity index (χ3n) is 11.2. The van der Waals surface area contributed by atoms with Crippen LogP contribution in [0, 0.1) is 0 Å². The molecule has 0 radical (unpaired) electrons. The standard InChI is InChI=1S/C46H93NO2.Na/c1-4-6-8-10-12-14-16-18-20-22-24-26-28-30-32-34-36-38-43-47(45(3)41-40-42-46(48)49)44-39-37-35-33-31-29-27-25-23-21-19-17-15-13-11-9-7-5-2;/h45H,4-44H2,1-3H3,(H,48,49);/q;+1/p-1. The van der Waals surface area contributed by atoms with Gasteiger partial charge in [-0.25, -0.2) is 0 Å². The molecule has 0 aromatic carbocycles. The molecule has 0 bridgehead atoms. The molecule has 0 heterocycles. The van der Waals surface area contributed by atoms with Crippen LogP contribution in [0.15, 0.2) is 0 Å². The Balaban J connectivity index is 0. The SMILES string of the molecule is CCCCCCCCCCCCCCCCCCCCN(CCCCCCCCCCCCCCCCCCCC)C(C)CCCC(=O)[O-].[Na+]. The average molecular weight is 714 g/mol. The molecule has 0 fully saturated rings. The molecule has 0 spiro atoms. The number of hydrogen-bond acceptors (Lipinski definition) is 3. The minimum absolute atomic E-state index is 0. The maximum absolute atomic E-state index is 10.9. The van der Waals surface area contributed by atoms with E-state index < -0.39 is 5.97 Å². The number of carboxylic acid groups (broad SMARTS) is 1. The molecule has 3 nitrogen and oxygen atoms in total. The molecule has 0 amide bonds. The van der Waals surface area contributed by atoms with Gasteiger partial charge in [0.05, 0.1) is 0 Å². The molecule has 50 heavy (non-hydrogen) atoms. The van der Waals surface area contributed by atoms with Crippen LogP contribution >= 0.6 is 0 Å². The number of hydrogen-bond donors (Lipinski definition) is 0. The van der Waals surface area contributed by atoms with E-state index in [0.717, 1.165) is 12.8 Å². The second-order valence-electron chi connectivity index (χ2n) is 16.2. The monoisotopic (exact) mass is 714 g/mol. The van der Waals surface area contributed by atoms with Crippen LogP contribution in [0.5, 0.6) is 0 Å². The summed E-state index contributed by atoms with van der Waals surface area (Å²) in [6.45, 7) is 9.29. The van der Waals surface area contributed by atoms with Crippen molar-refractivity contribution in [3.05, 3.63) is 0 Å². The van der Waals surface area contributed by atoms with Gasteiger partial charge in [-0.2, -0.15) is 0 Å². The molecule has 0 saturated heterocycles. The number of carbonyl (C=O) groups excluding carboxylic acids is 1. The third kappa shape index (κ3) is 42.8. The van der Waals surface area contributed by atoms with Crippen LogP contribution < -0.4 is 34.7 Å². The summed E-state index contributed by atoms with van der Waals surface area (Å²) in [7, 11) is 0. The minimum atomic E-state index is -0.897. The first-order chi connectivity index (χ1) is 24.1. The van der Waals surface area contributed by atoms with Gasteiger partial charge in [-0.05, 0) is 52.1 Å². The number of carbonyl (C=O) groups is 1. The van der Waals surface area contributed by atoms with Crippen LogP contribution in [0.1, 0.15) is 271 Å². The van der Waals surface area contributed by atoms with Gasteiger partial charge in [0.2, 0.25) is 0 Å². The van der Waals surface area contributed by atoms with Crippen LogP contribution in [0.3, 0.4) is 0 Å². The zero-order chi connectivity index (χ0) is 35.7. The third-order valence-corrected chi connectivity index (χ3v) is 11.2. The number of aliphatic carboxylic acids is 1. The van der Waals surface area contributed by atoms with Crippen molar-refractivity contribution in [3.8, 4) is 0 Å². The van der Waals surface area contributed by atoms with E-state index in [0.29, 0.717) is 6.04 Å². The van der Waals surface area contributed by atoms with Crippen molar-refractivity contribution >= 4 is 5.97 Å². The molecule has 0 N–H and O–H groups in total. The summed E-state index contributed by atoms with van der Waals surface area (Å²) in [6, 6.07) is 0.482. The number of rotatable bonds is 43. The number of unbranched alkanes of at least 4 members (excludes halogenated alkanes) is 34. The van der Waals surface area contributed by atoms with E-state index in [1.807, 2.05) is 0 Å². The van der Waals surface area contributed by atoms with Gasteiger partial charge in [0.1, 0.15) is 0 Å². The van der Waals surface area contributed by atoms with Gasteiger partial charge in [0.25, 0.3) is 0 Å². The minimum Gasteiger partial charge on any atom is -0.550 e. The first-order valence-corrected chi connectivity index (χ1v) is 23.1. The second-order valence-corrected chi connectivity index (χ2v) is 16.2. The molecular formula is C46H92NNaO2. The van der Waals surface area contributed by atoms with E-state index in [2.05, 4.69) is 25.7 Å². The van der Waals surface area contributed by atoms with E-state index in [4.69, 9.17) is 0 Å².